The molecule has 6 nitrogen and oxygen atoms in total. The molecule has 2 aromatic heterocycles. The largest absolute Gasteiger partial charge is 0.462 e. The summed E-state index contributed by atoms with van der Waals surface area (Å²) in [6, 6.07) is 2.05. The van der Waals surface area contributed by atoms with Gasteiger partial charge >= 0.3 is 5.97 Å². The maximum atomic E-state index is 15.2. The second kappa shape index (κ2) is 7.44. The molecule has 0 N–H and O–H groups in total. The van der Waals surface area contributed by atoms with Gasteiger partial charge in [0.05, 0.1) is 24.0 Å². The minimum atomic E-state index is -0.649. The van der Waals surface area contributed by atoms with Gasteiger partial charge in [-0.15, -0.1) is 0 Å². The molecule has 4 rings (SSSR count). The summed E-state index contributed by atoms with van der Waals surface area (Å²) in [7, 11) is 4.08. The van der Waals surface area contributed by atoms with Crippen LogP contribution in [0, 0.1) is 12.7 Å². The average molecular weight is 401 g/mol. The maximum absolute atomic E-state index is 15.2. The number of aryl methyl sites for hydroxylation is 1. The highest BCUT2D eigenvalue weighted by Gasteiger charge is 2.32. The van der Waals surface area contributed by atoms with Crippen LogP contribution in [0.2, 0.25) is 0 Å². The Morgan fingerprint density at radius 1 is 1.31 bits per heavy atom. The lowest BCUT2D eigenvalue weighted by Crippen LogP contribution is -2.32. The molecule has 1 atom stereocenters. The number of carbonyl (C=O) groups is 1. The first-order valence-electron chi connectivity index (χ1n) is 10.3. The highest BCUT2D eigenvalue weighted by molar-refractivity contribution is 5.90. The Morgan fingerprint density at radius 2 is 2.03 bits per heavy atom. The number of aromatic nitrogens is 1. The molecule has 156 valence electrons. The summed E-state index contributed by atoms with van der Waals surface area (Å²) in [5.74, 6) is -0.785. The Morgan fingerprint density at radius 3 is 2.62 bits per heavy atom. The number of ether oxygens (including phenoxy) is 1. The van der Waals surface area contributed by atoms with E-state index in [-0.39, 0.29) is 12.2 Å². The fraction of sp³-hybridized carbons (Fsp3) is 0.545. The van der Waals surface area contributed by atoms with E-state index in [0.29, 0.717) is 17.6 Å². The van der Waals surface area contributed by atoms with Gasteiger partial charge in [-0.1, -0.05) is 0 Å². The third kappa shape index (κ3) is 3.41. The number of halogens is 1. The third-order valence-electron chi connectivity index (χ3n) is 6.16. The molecule has 0 amide bonds. The maximum Gasteiger partial charge on any atom is 0.343 e. The summed E-state index contributed by atoms with van der Waals surface area (Å²) in [4.78, 5) is 29.5. The minimum Gasteiger partial charge on any atom is -0.462 e. The SMILES string of the molecule is CCOC(=O)c1cc(C2CC2)c2c(C)c(N3CC[C@H](N(C)C)C3)c(F)cn2c1=O. The van der Waals surface area contributed by atoms with Crippen molar-refractivity contribution in [2.24, 2.45) is 0 Å². The van der Waals surface area contributed by atoms with E-state index in [4.69, 9.17) is 4.74 Å². The van der Waals surface area contributed by atoms with Gasteiger partial charge in [-0.3, -0.25) is 9.20 Å². The van der Waals surface area contributed by atoms with Gasteiger partial charge in [-0.05, 0) is 70.3 Å². The second-order valence-electron chi connectivity index (χ2n) is 8.33. The molecule has 0 aromatic carbocycles. The molecule has 1 saturated heterocycles. The zero-order valence-corrected chi connectivity index (χ0v) is 17.5. The fourth-order valence-electron chi connectivity index (χ4n) is 4.46. The Bertz CT molecular complexity index is 1030. The zero-order valence-electron chi connectivity index (χ0n) is 17.5. The summed E-state index contributed by atoms with van der Waals surface area (Å²) in [5.41, 5.74) is 2.46. The summed E-state index contributed by atoms with van der Waals surface area (Å²) in [6.07, 6.45) is 4.24. The van der Waals surface area contributed by atoms with Crippen LogP contribution in [0.1, 0.15) is 53.6 Å². The van der Waals surface area contributed by atoms with E-state index >= 15 is 4.39 Å². The lowest BCUT2D eigenvalue weighted by molar-refractivity contribution is 0.0524. The topological polar surface area (TPSA) is 54.3 Å². The normalized spacial score (nSPS) is 19.4. The lowest BCUT2D eigenvalue weighted by Gasteiger charge is -2.25. The van der Waals surface area contributed by atoms with E-state index in [1.54, 1.807) is 13.0 Å². The van der Waals surface area contributed by atoms with Crippen molar-refractivity contribution in [2.75, 3.05) is 38.7 Å². The van der Waals surface area contributed by atoms with Gasteiger partial charge in [-0.25, -0.2) is 9.18 Å². The minimum absolute atomic E-state index is 0.0216. The highest BCUT2D eigenvalue weighted by Crippen LogP contribution is 2.44. The molecule has 1 aliphatic heterocycles. The highest BCUT2D eigenvalue weighted by atomic mass is 19.1. The van der Waals surface area contributed by atoms with Crippen LogP contribution in [0.5, 0.6) is 0 Å². The van der Waals surface area contributed by atoms with Crippen molar-refractivity contribution in [3.8, 4) is 0 Å². The van der Waals surface area contributed by atoms with Crippen LogP contribution < -0.4 is 10.5 Å². The number of carbonyl (C=O) groups excluding carboxylic acids is 1. The van der Waals surface area contributed by atoms with Crippen LogP contribution in [0.3, 0.4) is 0 Å². The van der Waals surface area contributed by atoms with Crippen molar-refractivity contribution in [2.45, 2.75) is 45.1 Å². The number of esters is 1. The quantitative estimate of drug-likeness (QED) is 0.721. The Kier molecular flexibility index (Phi) is 5.11. The van der Waals surface area contributed by atoms with Crippen LogP contribution in [0.15, 0.2) is 17.1 Å². The molecule has 3 heterocycles. The standard InChI is InChI=1S/C22H28FN3O3/c1-5-29-22(28)17-10-16(14-6-7-14)19-13(2)20(18(23)12-26(19)21(17)27)25-9-8-15(11-25)24(3)4/h10,12,14-15H,5-9,11H2,1-4H3/t15-/m0/s1. The predicted molar refractivity (Wildman–Crippen MR) is 111 cm³/mol. The Hall–Kier alpha value is -2.41. The lowest BCUT2D eigenvalue weighted by atomic mass is 10.0. The van der Waals surface area contributed by atoms with Gasteiger partial charge < -0.3 is 14.5 Å². The number of hydrogen-bond donors (Lipinski definition) is 0. The second-order valence-corrected chi connectivity index (χ2v) is 8.33. The number of hydrogen-bond acceptors (Lipinski definition) is 5. The van der Waals surface area contributed by atoms with E-state index in [2.05, 4.69) is 9.80 Å². The van der Waals surface area contributed by atoms with Crippen LogP contribution >= 0.6 is 0 Å². The first kappa shape index (κ1) is 19.9. The summed E-state index contributed by atoms with van der Waals surface area (Å²) < 4.78 is 21.6. The number of pyridine rings is 2. The molecule has 29 heavy (non-hydrogen) atoms. The molecule has 0 bridgehead atoms. The number of likely N-dealkylation sites (N-methyl/N-ethyl adjacent to an activating group) is 1. The Balaban J connectivity index is 1.90. The van der Waals surface area contributed by atoms with Gasteiger partial charge in [0.1, 0.15) is 5.56 Å². The van der Waals surface area contributed by atoms with E-state index < -0.39 is 17.3 Å². The van der Waals surface area contributed by atoms with Crippen molar-refractivity contribution in [3.63, 3.8) is 0 Å². The van der Waals surface area contributed by atoms with Crippen LogP contribution in [0.4, 0.5) is 10.1 Å². The van der Waals surface area contributed by atoms with Crippen LogP contribution in [-0.2, 0) is 4.74 Å². The molecule has 1 aliphatic carbocycles. The number of nitrogens with zero attached hydrogens (tertiary/aromatic N) is 3. The molecule has 2 aromatic rings. The Labute approximate surface area is 169 Å². The van der Waals surface area contributed by atoms with Crippen LogP contribution in [-0.4, -0.2) is 55.1 Å². The smallest absolute Gasteiger partial charge is 0.343 e. The van der Waals surface area contributed by atoms with Crippen molar-refractivity contribution >= 4 is 17.2 Å². The predicted octanol–water partition coefficient (Wildman–Crippen LogP) is 2.94. The molecular formula is C22H28FN3O3. The van der Waals surface area contributed by atoms with Gasteiger partial charge in [0.25, 0.3) is 5.56 Å². The van der Waals surface area contributed by atoms with Crippen molar-refractivity contribution in [1.29, 1.82) is 0 Å². The molecule has 0 radical (unpaired) electrons. The van der Waals surface area contributed by atoms with Gasteiger partial charge in [0.15, 0.2) is 5.82 Å². The van der Waals surface area contributed by atoms with E-state index in [0.717, 1.165) is 49.0 Å². The first-order valence-corrected chi connectivity index (χ1v) is 10.3. The van der Waals surface area contributed by atoms with E-state index in [1.165, 1.54) is 10.6 Å². The number of rotatable bonds is 5. The molecule has 0 spiro atoms. The molecule has 1 saturated carbocycles. The third-order valence-corrected chi connectivity index (χ3v) is 6.16. The molecule has 2 fully saturated rings. The molecule has 0 unspecified atom stereocenters. The molecule has 2 aliphatic rings. The fourth-order valence-corrected chi connectivity index (χ4v) is 4.46. The van der Waals surface area contributed by atoms with Crippen molar-refractivity contribution in [3.05, 3.63) is 45.1 Å². The number of anilines is 1. The first-order chi connectivity index (χ1) is 13.8. The van der Waals surface area contributed by atoms with Gasteiger partial charge in [0.2, 0.25) is 0 Å². The van der Waals surface area contributed by atoms with Crippen molar-refractivity contribution < 1.29 is 13.9 Å². The zero-order chi connectivity index (χ0) is 20.9. The van der Waals surface area contributed by atoms with E-state index in [9.17, 15) is 9.59 Å². The summed E-state index contributed by atoms with van der Waals surface area (Å²) in [5, 5.41) is 0. The molecular weight excluding hydrogens is 373 g/mol. The van der Waals surface area contributed by atoms with E-state index in [1.807, 2.05) is 21.0 Å². The molecule has 7 heteroatoms. The van der Waals surface area contributed by atoms with Crippen molar-refractivity contribution in [1.82, 2.24) is 9.30 Å². The monoisotopic (exact) mass is 401 g/mol. The van der Waals surface area contributed by atoms with Crippen LogP contribution in [0.25, 0.3) is 5.52 Å². The number of fused-ring (bicyclic) bond motifs is 1. The van der Waals surface area contributed by atoms with Gasteiger partial charge in [-0.2, -0.15) is 0 Å². The summed E-state index contributed by atoms with van der Waals surface area (Å²) >= 11 is 0. The summed E-state index contributed by atoms with van der Waals surface area (Å²) in [6.45, 7) is 5.30. The average Bonchev–Trinajstić information content (AvgIpc) is 3.39. The van der Waals surface area contributed by atoms with Gasteiger partial charge in [0, 0.05) is 19.1 Å².